The lowest BCUT2D eigenvalue weighted by Gasteiger charge is -2.39. The van der Waals surface area contributed by atoms with Gasteiger partial charge in [0.1, 0.15) is 0 Å². The summed E-state index contributed by atoms with van der Waals surface area (Å²) in [5.41, 5.74) is 3.04. The second-order valence-electron chi connectivity index (χ2n) is 6.19. The van der Waals surface area contributed by atoms with Gasteiger partial charge in [0.2, 0.25) is 0 Å². The van der Waals surface area contributed by atoms with E-state index in [1.807, 2.05) is 18.2 Å². The first-order valence-electron chi connectivity index (χ1n) is 7.81. The van der Waals surface area contributed by atoms with Crippen molar-refractivity contribution in [2.24, 2.45) is 5.92 Å². The average molecular weight is 405 g/mol. The van der Waals surface area contributed by atoms with Crippen LogP contribution in [0.3, 0.4) is 0 Å². The van der Waals surface area contributed by atoms with E-state index in [0.29, 0.717) is 10.6 Å². The van der Waals surface area contributed by atoms with Crippen LogP contribution in [0.1, 0.15) is 39.9 Å². The summed E-state index contributed by atoms with van der Waals surface area (Å²) >= 11 is 10.0. The van der Waals surface area contributed by atoms with Gasteiger partial charge < -0.3 is 10.4 Å². The van der Waals surface area contributed by atoms with Gasteiger partial charge in [0.25, 0.3) is 0 Å². The van der Waals surface area contributed by atoms with E-state index in [0.717, 1.165) is 22.1 Å². The minimum absolute atomic E-state index is 0.0585. The lowest BCUT2D eigenvalue weighted by atomic mass is 9.75. The summed E-state index contributed by atoms with van der Waals surface area (Å²) in [6.45, 7) is 0. The van der Waals surface area contributed by atoms with E-state index >= 15 is 0 Å². The Kier molecular flexibility index (Phi) is 3.89. The zero-order valence-corrected chi connectivity index (χ0v) is 15.0. The van der Waals surface area contributed by atoms with Crippen LogP contribution in [0.2, 0.25) is 5.02 Å². The molecule has 2 aliphatic rings. The summed E-state index contributed by atoms with van der Waals surface area (Å²) in [7, 11) is 0. The van der Waals surface area contributed by atoms with Gasteiger partial charge in [-0.3, -0.25) is 0 Å². The maximum Gasteiger partial charge on any atom is 0.336 e. The molecular weight excluding hydrogens is 390 g/mol. The quantitative estimate of drug-likeness (QED) is 0.638. The first-order valence-corrected chi connectivity index (χ1v) is 8.98. The minimum Gasteiger partial charge on any atom is -0.478 e. The number of anilines is 1. The lowest BCUT2D eigenvalue weighted by Crippen LogP contribution is -2.30. The molecule has 0 fully saturated rings. The zero-order valence-electron chi connectivity index (χ0n) is 12.7. The number of hydrogen-bond donors (Lipinski definition) is 2. The van der Waals surface area contributed by atoms with Crippen molar-refractivity contribution >= 4 is 39.2 Å². The van der Waals surface area contributed by atoms with E-state index in [1.54, 1.807) is 12.1 Å². The maximum absolute atomic E-state index is 11.7. The summed E-state index contributed by atoms with van der Waals surface area (Å²) in [5, 5.41) is 13.7. The highest BCUT2D eigenvalue weighted by molar-refractivity contribution is 9.10. The number of fused-ring (bicyclic) bond motifs is 3. The third-order valence-corrected chi connectivity index (χ3v) is 5.98. The van der Waals surface area contributed by atoms with Gasteiger partial charge in [0.15, 0.2) is 0 Å². The van der Waals surface area contributed by atoms with Crippen LogP contribution in [0.4, 0.5) is 5.69 Å². The van der Waals surface area contributed by atoms with Crippen LogP contribution in [0.25, 0.3) is 0 Å². The highest BCUT2D eigenvalue weighted by Gasteiger charge is 2.41. The Balaban J connectivity index is 1.90. The van der Waals surface area contributed by atoms with Crippen LogP contribution in [-0.2, 0) is 0 Å². The molecule has 0 bridgehead atoms. The zero-order chi connectivity index (χ0) is 16.8. The van der Waals surface area contributed by atoms with Crippen molar-refractivity contribution in [3.05, 3.63) is 74.7 Å². The molecule has 2 aromatic rings. The second kappa shape index (κ2) is 5.94. The smallest absolute Gasteiger partial charge is 0.336 e. The Bertz CT molecular complexity index is 864. The number of halogens is 2. The van der Waals surface area contributed by atoms with Gasteiger partial charge in [-0.2, -0.15) is 0 Å². The number of carboxylic acid groups (broad SMARTS) is 1. The number of aromatic carboxylic acids is 1. The van der Waals surface area contributed by atoms with Gasteiger partial charge in [0.05, 0.1) is 22.3 Å². The van der Waals surface area contributed by atoms with Gasteiger partial charge in [-0.25, -0.2) is 4.79 Å². The molecule has 0 saturated carbocycles. The molecule has 3 nitrogen and oxygen atoms in total. The summed E-state index contributed by atoms with van der Waals surface area (Å²) in [4.78, 5) is 11.7. The fourth-order valence-electron chi connectivity index (χ4n) is 3.90. The topological polar surface area (TPSA) is 49.3 Å². The third-order valence-electron chi connectivity index (χ3n) is 4.94. The number of nitrogens with one attached hydrogen (secondary N) is 1. The van der Waals surface area contributed by atoms with Crippen molar-refractivity contribution in [3.63, 3.8) is 0 Å². The van der Waals surface area contributed by atoms with Crippen molar-refractivity contribution in [2.75, 3.05) is 5.32 Å². The van der Waals surface area contributed by atoms with Crippen LogP contribution >= 0.6 is 27.5 Å². The monoisotopic (exact) mass is 403 g/mol. The molecule has 0 spiro atoms. The van der Waals surface area contributed by atoms with E-state index in [-0.39, 0.29) is 17.9 Å². The first-order chi connectivity index (χ1) is 11.6. The fraction of sp³-hybridized carbons (Fsp3) is 0.211. The summed E-state index contributed by atoms with van der Waals surface area (Å²) in [6, 6.07) is 11.5. The first kappa shape index (κ1) is 15.7. The molecule has 0 aromatic heterocycles. The van der Waals surface area contributed by atoms with Gasteiger partial charge in [-0.1, -0.05) is 57.9 Å². The molecular formula is C19H15BrClNO2. The normalized spacial score (nSPS) is 24.2. The highest BCUT2D eigenvalue weighted by Crippen LogP contribution is 2.53. The van der Waals surface area contributed by atoms with Crippen molar-refractivity contribution < 1.29 is 9.90 Å². The Labute approximate surface area is 153 Å². The number of rotatable bonds is 2. The summed E-state index contributed by atoms with van der Waals surface area (Å²) in [6.07, 6.45) is 5.17. The van der Waals surface area contributed by atoms with E-state index in [4.69, 9.17) is 11.6 Å². The Morgan fingerprint density at radius 2 is 2.04 bits per heavy atom. The molecule has 3 atom stereocenters. The molecule has 1 heterocycles. The molecule has 24 heavy (non-hydrogen) atoms. The van der Waals surface area contributed by atoms with Crippen LogP contribution in [0.5, 0.6) is 0 Å². The number of allylic oxidation sites excluding steroid dienone is 2. The second-order valence-corrected chi connectivity index (χ2v) is 7.45. The molecule has 0 radical (unpaired) electrons. The van der Waals surface area contributed by atoms with Gasteiger partial charge in [0, 0.05) is 10.4 Å². The largest absolute Gasteiger partial charge is 0.478 e. The maximum atomic E-state index is 11.7. The summed E-state index contributed by atoms with van der Waals surface area (Å²) in [5.74, 6) is -0.584. The third kappa shape index (κ3) is 2.36. The predicted octanol–water partition coefficient (Wildman–Crippen LogP) is 5.63. The molecule has 1 aliphatic heterocycles. The van der Waals surface area contributed by atoms with Crippen molar-refractivity contribution in [1.82, 2.24) is 0 Å². The number of carbonyl (C=O) groups is 1. The van der Waals surface area contributed by atoms with Gasteiger partial charge in [-0.05, 0) is 41.7 Å². The van der Waals surface area contributed by atoms with Crippen LogP contribution in [-0.4, -0.2) is 11.1 Å². The average Bonchev–Trinajstić information content (AvgIpc) is 3.05. The van der Waals surface area contributed by atoms with Crippen LogP contribution in [0.15, 0.2) is 53.0 Å². The number of carboxylic acids is 1. The highest BCUT2D eigenvalue weighted by atomic mass is 79.9. The molecule has 0 unspecified atom stereocenters. The number of hydrogen-bond acceptors (Lipinski definition) is 2. The number of benzene rings is 2. The fourth-order valence-corrected chi connectivity index (χ4v) is 4.65. The minimum atomic E-state index is -0.914. The van der Waals surface area contributed by atoms with Gasteiger partial charge >= 0.3 is 5.97 Å². The molecule has 1 aliphatic carbocycles. The van der Waals surface area contributed by atoms with Crippen LogP contribution in [0, 0.1) is 5.92 Å². The van der Waals surface area contributed by atoms with E-state index in [2.05, 4.69) is 39.5 Å². The van der Waals surface area contributed by atoms with Crippen molar-refractivity contribution in [3.8, 4) is 0 Å². The molecule has 4 rings (SSSR count). The van der Waals surface area contributed by atoms with Gasteiger partial charge in [-0.15, -0.1) is 0 Å². The molecule has 0 amide bonds. The van der Waals surface area contributed by atoms with Crippen molar-refractivity contribution in [1.29, 1.82) is 0 Å². The van der Waals surface area contributed by atoms with Crippen molar-refractivity contribution in [2.45, 2.75) is 18.4 Å². The van der Waals surface area contributed by atoms with E-state index in [1.165, 1.54) is 5.56 Å². The standard InChI is InChI=1S/C19H15BrClNO2/c20-14-7-2-1-4-12(14)17-11-6-3-5-10(11)16-13(19(23)24)8-9-15(21)18(16)22-17/h1-5,7-11,17,22H,6H2,(H,23,24)/t10-,11+,17+/m1/s1. The van der Waals surface area contributed by atoms with E-state index in [9.17, 15) is 9.90 Å². The SMILES string of the molecule is O=C(O)c1ccc(Cl)c2c1[C@@H]1C=CC[C@@H]1[C@@H](c1ccccc1Br)N2. The summed E-state index contributed by atoms with van der Waals surface area (Å²) < 4.78 is 1.04. The Morgan fingerprint density at radius 3 is 2.79 bits per heavy atom. The van der Waals surface area contributed by atoms with E-state index < -0.39 is 5.97 Å². The lowest BCUT2D eigenvalue weighted by molar-refractivity contribution is 0.0695. The predicted molar refractivity (Wildman–Crippen MR) is 98.9 cm³/mol. The Hall–Kier alpha value is -1.78. The molecule has 2 N–H and O–H groups in total. The molecule has 122 valence electrons. The van der Waals surface area contributed by atoms with Crippen LogP contribution < -0.4 is 5.32 Å². The molecule has 5 heteroatoms. The molecule has 0 saturated heterocycles. The molecule has 2 aromatic carbocycles. The Morgan fingerprint density at radius 1 is 1.25 bits per heavy atom.